The average molecular weight is 556 g/mol. The smallest absolute Gasteiger partial charge is 0.341 e. The number of esters is 1. The van der Waals surface area contributed by atoms with E-state index in [9.17, 15) is 15.0 Å². The molecule has 5 rings (SSSR count). The van der Waals surface area contributed by atoms with Crippen molar-refractivity contribution < 1.29 is 24.5 Å². The van der Waals surface area contributed by atoms with Crippen LogP contribution in [-0.2, 0) is 9.53 Å². The molecule has 1 aliphatic rings. The van der Waals surface area contributed by atoms with Crippen molar-refractivity contribution >= 4 is 17.0 Å². The van der Waals surface area contributed by atoms with E-state index in [4.69, 9.17) is 14.5 Å². The molecule has 41 heavy (non-hydrogen) atoms. The van der Waals surface area contributed by atoms with Gasteiger partial charge in [0.2, 0.25) is 0 Å². The minimum Gasteiger partial charge on any atom is -0.493 e. The molecule has 0 spiro atoms. The SMILES string of the molecule is CC(C)c1ccc(OCC[C@H](O)N2CCC(c3cnc4ccccc4n3)CC2OC(=O)C(O)c2ccccc2)cc1. The molecule has 0 aliphatic carbocycles. The number of para-hydroxylation sites is 2. The number of piperidine rings is 1. The van der Waals surface area contributed by atoms with E-state index in [0.717, 1.165) is 22.5 Å². The van der Waals surface area contributed by atoms with Crippen LogP contribution in [-0.4, -0.2) is 56.7 Å². The van der Waals surface area contributed by atoms with Crippen molar-refractivity contribution in [1.29, 1.82) is 0 Å². The Bertz CT molecular complexity index is 1430. The van der Waals surface area contributed by atoms with Crippen LogP contribution in [0.5, 0.6) is 5.75 Å². The van der Waals surface area contributed by atoms with Gasteiger partial charge < -0.3 is 19.7 Å². The minimum absolute atomic E-state index is 0.0297. The van der Waals surface area contributed by atoms with Crippen molar-refractivity contribution in [3.05, 3.63) is 102 Å². The Balaban J connectivity index is 1.28. The number of aromatic nitrogens is 2. The fourth-order valence-corrected chi connectivity index (χ4v) is 5.21. The standard InChI is InChI=1S/C33H37N3O5/c1-22(2)23-12-14-26(15-13-23)40-19-17-30(37)36-18-16-25(29-21-34-27-10-6-7-11-28(27)35-29)20-31(36)41-33(39)32(38)24-8-4-3-5-9-24/h3-15,21-22,25,30-32,37-38H,16-20H2,1-2H3/t25?,30-,31?,32?/m0/s1. The molecular formula is C33H37N3O5. The van der Waals surface area contributed by atoms with Gasteiger partial charge in [-0.25, -0.2) is 14.7 Å². The van der Waals surface area contributed by atoms with E-state index in [1.807, 2.05) is 54.6 Å². The molecule has 4 aromatic rings. The number of carbonyl (C=O) groups is 1. The first-order valence-corrected chi connectivity index (χ1v) is 14.2. The summed E-state index contributed by atoms with van der Waals surface area (Å²) < 4.78 is 11.8. The molecule has 0 amide bonds. The molecule has 1 aromatic heterocycles. The van der Waals surface area contributed by atoms with Crippen LogP contribution in [0.3, 0.4) is 0 Å². The summed E-state index contributed by atoms with van der Waals surface area (Å²) in [5.41, 5.74) is 4.12. The number of aliphatic hydroxyl groups is 2. The van der Waals surface area contributed by atoms with Crippen molar-refractivity contribution in [2.75, 3.05) is 13.2 Å². The van der Waals surface area contributed by atoms with E-state index in [2.05, 4.69) is 18.8 Å². The maximum absolute atomic E-state index is 13.0. The van der Waals surface area contributed by atoms with E-state index in [1.54, 1.807) is 35.4 Å². The minimum atomic E-state index is -1.42. The third-order valence-corrected chi connectivity index (χ3v) is 7.64. The topological polar surface area (TPSA) is 105 Å². The quantitative estimate of drug-likeness (QED) is 0.253. The molecule has 3 aromatic carbocycles. The lowest BCUT2D eigenvalue weighted by Gasteiger charge is -2.41. The fourth-order valence-electron chi connectivity index (χ4n) is 5.21. The number of likely N-dealkylation sites (tertiary alicyclic amines) is 1. The average Bonchev–Trinajstić information content (AvgIpc) is 3.01. The highest BCUT2D eigenvalue weighted by atomic mass is 16.6. The van der Waals surface area contributed by atoms with Crippen molar-refractivity contribution in [3.8, 4) is 5.75 Å². The van der Waals surface area contributed by atoms with E-state index in [-0.39, 0.29) is 5.92 Å². The van der Waals surface area contributed by atoms with Crippen LogP contribution in [0.15, 0.2) is 85.1 Å². The summed E-state index contributed by atoms with van der Waals surface area (Å²) >= 11 is 0. The second-order valence-corrected chi connectivity index (χ2v) is 10.8. The van der Waals surface area contributed by atoms with Gasteiger partial charge in [-0.15, -0.1) is 0 Å². The molecule has 0 radical (unpaired) electrons. The number of fused-ring (bicyclic) bond motifs is 1. The van der Waals surface area contributed by atoms with Crippen LogP contribution in [0, 0.1) is 0 Å². The summed E-state index contributed by atoms with van der Waals surface area (Å²) in [5.74, 6) is 0.390. The third-order valence-electron chi connectivity index (χ3n) is 7.64. The van der Waals surface area contributed by atoms with Crippen LogP contribution in [0.25, 0.3) is 11.0 Å². The number of nitrogens with zero attached hydrogens (tertiary/aromatic N) is 3. The van der Waals surface area contributed by atoms with Crippen LogP contribution >= 0.6 is 0 Å². The summed E-state index contributed by atoms with van der Waals surface area (Å²) in [7, 11) is 0. The zero-order valence-corrected chi connectivity index (χ0v) is 23.5. The van der Waals surface area contributed by atoms with Gasteiger partial charge in [0.15, 0.2) is 12.3 Å². The maximum atomic E-state index is 13.0. The Morgan fingerprint density at radius 2 is 1.66 bits per heavy atom. The first-order valence-electron chi connectivity index (χ1n) is 14.2. The van der Waals surface area contributed by atoms with Crippen molar-refractivity contribution in [3.63, 3.8) is 0 Å². The molecule has 0 saturated carbocycles. The van der Waals surface area contributed by atoms with E-state index < -0.39 is 24.5 Å². The molecule has 4 atom stereocenters. The number of ether oxygens (including phenoxy) is 2. The van der Waals surface area contributed by atoms with E-state index in [1.165, 1.54) is 5.56 Å². The summed E-state index contributed by atoms with van der Waals surface area (Å²) in [6.07, 6.45) is 0.129. The number of hydrogen-bond donors (Lipinski definition) is 2. The Kier molecular flexibility index (Phi) is 9.24. The molecule has 0 bridgehead atoms. The molecule has 3 unspecified atom stereocenters. The molecule has 214 valence electrons. The van der Waals surface area contributed by atoms with Crippen LogP contribution < -0.4 is 4.74 Å². The normalized spacial score (nSPS) is 19.1. The lowest BCUT2D eigenvalue weighted by atomic mass is 9.92. The Hall–Kier alpha value is -3.85. The Labute approximate surface area is 240 Å². The highest BCUT2D eigenvalue weighted by Crippen LogP contribution is 2.34. The van der Waals surface area contributed by atoms with Crippen molar-refractivity contribution in [2.24, 2.45) is 0 Å². The van der Waals surface area contributed by atoms with Crippen molar-refractivity contribution in [2.45, 2.75) is 63.5 Å². The van der Waals surface area contributed by atoms with E-state index in [0.29, 0.717) is 43.9 Å². The van der Waals surface area contributed by atoms with Gasteiger partial charge in [0.25, 0.3) is 0 Å². The predicted octanol–water partition coefficient (Wildman–Crippen LogP) is 5.32. The lowest BCUT2D eigenvalue weighted by molar-refractivity contribution is -0.188. The second-order valence-electron chi connectivity index (χ2n) is 10.8. The zero-order valence-electron chi connectivity index (χ0n) is 23.5. The van der Waals surface area contributed by atoms with Crippen LogP contribution in [0.4, 0.5) is 0 Å². The van der Waals surface area contributed by atoms with Gasteiger partial charge in [0, 0.05) is 31.5 Å². The van der Waals surface area contributed by atoms with Gasteiger partial charge in [-0.1, -0.05) is 68.4 Å². The van der Waals surface area contributed by atoms with E-state index >= 15 is 0 Å². The highest BCUT2D eigenvalue weighted by Gasteiger charge is 2.37. The molecule has 1 aliphatic heterocycles. The number of hydrogen-bond acceptors (Lipinski definition) is 8. The van der Waals surface area contributed by atoms with Crippen LogP contribution in [0.2, 0.25) is 0 Å². The van der Waals surface area contributed by atoms with Gasteiger partial charge in [0.1, 0.15) is 12.0 Å². The number of rotatable bonds is 10. The Morgan fingerprint density at radius 1 is 0.951 bits per heavy atom. The van der Waals surface area contributed by atoms with Gasteiger partial charge in [-0.3, -0.25) is 4.98 Å². The number of benzene rings is 3. The highest BCUT2D eigenvalue weighted by molar-refractivity contribution is 5.76. The molecule has 1 fully saturated rings. The summed E-state index contributed by atoms with van der Waals surface area (Å²) in [4.78, 5) is 24.2. The number of carbonyl (C=O) groups excluding carboxylic acids is 1. The molecule has 8 heteroatoms. The van der Waals surface area contributed by atoms with Gasteiger partial charge in [-0.2, -0.15) is 0 Å². The molecule has 2 heterocycles. The zero-order chi connectivity index (χ0) is 28.8. The van der Waals surface area contributed by atoms with Gasteiger partial charge in [0.05, 0.1) is 23.3 Å². The summed E-state index contributed by atoms with van der Waals surface area (Å²) in [6, 6.07) is 24.4. The monoisotopic (exact) mass is 555 g/mol. The largest absolute Gasteiger partial charge is 0.493 e. The first kappa shape index (κ1) is 28.7. The molecule has 1 saturated heterocycles. The first-order chi connectivity index (χ1) is 19.9. The summed E-state index contributed by atoms with van der Waals surface area (Å²) in [5, 5.41) is 21.8. The molecule has 2 N–H and O–H groups in total. The lowest BCUT2D eigenvalue weighted by Crippen LogP contribution is -2.50. The van der Waals surface area contributed by atoms with Gasteiger partial charge >= 0.3 is 5.97 Å². The fraction of sp³-hybridized carbons (Fsp3) is 0.364. The van der Waals surface area contributed by atoms with Crippen LogP contribution in [0.1, 0.15) is 67.9 Å². The Morgan fingerprint density at radius 3 is 2.39 bits per heavy atom. The maximum Gasteiger partial charge on any atom is 0.341 e. The second kappa shape index (κ2) is 13.2. The number of aliphatic hydroxyl groups excluding tert-OH is 2. The molecule has 8 nitrogen and oxygen atoms in total. The third kappa shape index (κ3) is 7.08. The summed E-state index contributed by atoms with van der Waals surface area (Å²) in [6.45, 7) is 5.06. The van der Waals surface area contributed by atoms with Gasteiger partial charge in [-0.05, 0) is 47.7 Å². The molecular weight excluding hydrogens is 518 g/mol. The predicted molar refractivity (Wildman–Crippen MR) is 156 cm³/mol. The van der Waals surface area contributed by atoms with Crippen molar-refractivity contribution in [1.82, 2.24) is 14.9 Å².